The van der Waals surface area contributed by atoms with E-state index in [1.54, 1.807) is 0 Å². The van der Waals surface area contributed by atoms with E-state index >= 15 is 0 Å². The predicted octanol–water partition coefficient (Wildman–Crippen LogP) is 1.67. The van der Waals surface area contributed by atoms with Crippen molar-refractivity contribution >= 4 is 5.91 Å². The molecule has 0 aliphatic heterocycles. The van der Waals surface area contributed by atoms with Crippen molar-refractivity contribution in [2.45, 2.75) is 75.9 Å². The van der Waals surface area contributed by atoms with E-state index in [1.807, 2.05) is 0 Å². The highest BCUT2D eigenvalue weighted by molar-refractivity contribution is 5.79. The lowest BCUT2D eigenvalue weighted by Crippen LogP contribution is -2.52. The van der Waals surface area contributed by atoms with E-state index in [4.69, 9.17) is 0 Å². The van der Waals surface area contributed by atoms with E-state index in [2.05, 4.69) is 17.1 Å². The van der Waals surface area contributed by atoms with E-state index in [1.165, 1.54) is 25.7 Å². The van der Waals surface area contributed by atoms with Crippen LogP contribution in [-0.2, 0) is 4.79 Å². The Morgan fingerprint density at radius 3 is 2.45 bits per heavy atom. The van der Waals surface area contributed by atoms with Crippen molar-refractivity contribution in [2.75, 3.05) is 13.2 Å². The molecule has 1 amide bonds. The second-order valence-electron chi connectivity index (χ2n) is 7.11. The Bertz CT molecular complexity index is 357. The number of nitrogens with zero attached hydrogens (tertiary/aromatic N) is 1. The highest BCUT2D eigenvalue weighted by atomic mass is 16.3. The Morgan fingerprint density at radius 1 is 1.30 bits per heavy atom. The van der Waals surface area contributed by atoms with Crippen LogP contribution in [0.3, 0.4) is 0 Å². The number of aliphatic hydroxyl groups is 1. The summed E-state index contributed by atoms with van der Waals surface area (Å²) in [6.45, 7) is 2.77. The number of rotatable bonds is 7. The van der Waals surface area contributed by atoms with Crippen LogP contribution in [0.5, 0.6) is 0 Å². The first-order chi connectivity index (χ1) is 9.65. The zero-order chi connectivity index (χ0) is 14.2. The van der Waals surface area contributed by atoms with Crippen molar-refractivity contribution in [1.82, 2.24) is 10.2 Å². The first-order valence-electron chi connectivity index (χ1n) is 8.32. The summed E-state index contributed by atoms with van der Waals surface area (Å²) < 4.78 is 0. The second kappa shape index (κ2) is 5.64. The molecule has 1 atom stereocenters. The van der Waals surface area contributed by atoms with Crippen LogP contribution in [0, 0.1) is 5.92 Å². The Labute approximate surface area is 121 Å². The van der Waals surface area contributed by atoms with Gasteiger partial charge in [-0.2, -0.15) is 0 Å². The maximum atomic E-state index is 12.6. The smallest absolute Gasteiger partial charge is 0.237 e. The molecule has 3 fully saturated rings. The minimum absolute atomic E-state index is 0.155. The number of hydrogen-bond donors (Lipinski definition) is 2. The van der Waals surface area contributed by atoms with Gasteiger partial charge in [-0.15, -0.1) is 0 Å². The molecule has 3 rings (SSSR count). The normalized spacial score (nSPS) is 26.5. The van der Waals surface area contributed by atoms with Gasteiger partial charge in [-0.25, -0.2) is 0 Å². The summed E-state index contributed by atoms with van der Waals surface area (Å²) in [5, 5.41) is 13.0. The molecule has 114 valence electrons. The molecule has 0 bridgehead atoms. The van der Waals surface area contributed by atoms with Gasteiger partial charge in [-0.1, -0.05) is 12.8 Å². The lowest BCUT2D eigenvalue weighted by molar-refractivity contribution is -0.133. The second-order valence-corrected chi connectivity index (χ2v) is 7.11. The van der Waals surface area contributed by atoms with Gasteiger partial charge in [0.25, 0.3) is 0 Å². The third kappa shape index (κ3) is 3.01. The average molecular weight is 280 g/mol. The minimum Gasteiger partial charge on any atom is -0.394 e. The van der Waals surface area contributed by atoms with E-state index in [0.29, 0.717) is 18.6 Å². The Balaban J connectivity index is 1.56. The van der Waals surface area contributed by atoms with Gasteiger partial charge >= 0.3 is 0 Å². The molecular formula is C16H28N2O2. The van der Waals surface area contributed by atoms with E-state index in [0.717, 1.165) is 31.6 Å². The lowest BCUT2D eigenvalue weighted by atomic mass is 9.99. The largest absolute Gasteiger partial charge is 0.394 e. The molecule has 3 aliphatic rings. The third-order valence-electron chi connectivity index (χ3n) is 5.45. The predicted molar refractivity (Wildman–Crippen MR) is 78.3 cm³/mol. The first-order valence-corrected chi connectivity index (χ1v) is 8.32. The molecule has 0 aromatic heterocycles. The fourth-order valence-electron chi connectivity index (χ4n) is 3.72. The molecule has 1 unspecified atom stereocenters. The highest BCUT2D eigenvalue weighted by Gasteiger charge is 2.42. The third-order valence-corrected chi connectivity index (χ3v) is 5.45. The average Bonchev–Trinajstić information content (AvgIpc) is 3.36. The van der Waals surface area contributed by atoms with Crippen LogP contribution in [0.4, 0.5) is 0 Å². The number of carbonyl (C=O) groups is 1. The molecule has 20 heavy (non-hydrogen) atoms. The highest BCUT2D eigenvalue weighted by Crippen LogP contribution is 2.39. The summed E-state index contributed by atoms with van der Waals surface area (Å²) in [4.78, 5) is 14.7. The van der Waals surface area contributed by atoms with Crippen LogP contribution in [0.2, 0.25) is 0 Å². The summed E-state index contributed by atoms with van der Waals surface area (Å²) in [7, 11) is 0. The van der Waals surface area contributed by atoms with Crippen LogP contribution in [0.1, 0.15) is 58.3 Å². The Morgan fingerprint density at radius 2 is 1.95 bits per heavy atom. The van der Waals surface area contributed by atoms with Crippen molar-refractivity contribution in [2.24, 2.45) is 5.92 Å². The molecule has 0 saturated heterocycles. The molecule has 0 radical (unpaired) electrons. The topological polar surface area (TPSA) is 52.6 Å². The van der Waals surface area contributed by atoms with Gasteiger partial charge in [0, 0.05) is 17.6 Å². The number of nitrogens with one attached hydrogen (secondary N) is 1. The van der Waals surface area contributed by atoms with Crippen molar-refractivity contribution in [1.29, 1.82) is 0 Å². The van der Waals surface area contributed by atoms with Gasteiger partial charge in [0.05, 0.1) is 13.2 Å². The Hall–Kier alpha value is -0.610. The monoisotopic (exact) mass is 280 g/mol. The molecule has 4 nitrogen and oxygen atoms in total. The fraction of sp³-hybridized carbons (Fsp3) is 0.938. The standard InChI is InChI=1S/C16H28N2O2/c1-12(13-4-5-13)18(14-6-7-14)15(20)10-17-16(11-19)8-2-3-9-16/h12-14,17,19H,2-11H2,1H3. The molecule has 0 aromatic rings. The summed E-state index contributed by atoms with van der Waals surface area (Å²) in [5.74, 6) is 0.976. The molecule has 0 spiro atoms. The van der Waals surface area contributed by atoms with Crippen molar-refractivity contribution < 1.29 is 9.90 Å². The summed E-state index contributed by atoms with van der Waals surface area (Å²) in [6.07, 6.45) is 9.23. The SMILES string of the molecule is CC(C1CC1)N(C(=O)CNC1(CO)CCCC1)C1CC1. The zero-order valence-corrected chi connectivity index (χ0v) is 12.6. The minimum atomic E-state index is -0.187. The molecule has 3 aliphatic carbocycles. The van der Waals surface area contributed by atoms with Gasteiger partial charge < -0.3 is 15.3 Å². The van der Waals surface area contributed by atoms with Crippen molar-refractivity contribution in [3.05, 3.63) is 0 Å². The molecule has 0 heterocycles. The summed E-state index contributed by atoms with van der Waals surface area (Å²) in [6, 6.07) is 0.902. The summed E-state index contributed by atoms with van der Waals surface area (Å²) in [5.41, 5.74) is -0.187. The number of hydrogen-bond acceptors (Lipinski definition) is 3. The van der Waals surface area contributed by atoms with Crippen LogP contribution < -0.4 is 5.32 Å². The maximum absolute atomic E-state index is 12.6. The molecule has 4 heteroatoms. The van der Waals surface area contributed by atoms with Gasteiger partial charge in [-0.3, -0.25) is 4.79 Å². The number of amides is 1. The first kappa shape index (κ1) is 14.3. The quantitative estimate of drug-likeness (QED) is 0.746. The van der Waals surface area contributed by atoms with Crippen LogP contribution in [-0.4, -0.2) is 46.7 Å². The molecule has 0 aromatic carbocycles. The maximum Gasteiger partial charge on any atom is 0.237 e. The van der Waals surface area contributed by atoms with E-state index < -0.39 is 0 Å². The van der Waals surface area contributed by atoms with E-state index in [-0.39, 0.29) is 18.1 Å². The van der Waals surface area contributed by atoms with Gasteiger partial charge in [0.15, 0.2) is 0 Å². The lowest BCUT2D eigenvalue weighted by Gasteiger charge is -2.33. The van der Waals surface area contributed by atoms with Crippen molar-refractivity contribution in [3.8, 4) is 0 Å². The molecule has 2 N–H and O–H groups in total. The fourth-order valence-corrected chi connectivity index (χ4v) is 3.72. The van der Waals surface area contributed by atoms with Gasteiger partial charge in [0.1, 0.15) is 0 Å². The zero-order valence-electron chi connectivity index (χ0n) is 12.6. The van der Waals surface area contributed by atoms with E-state index in [9.17, 15) is 9.90 Å². The van der Waals surface area contributed by atoms with Crippen LogP contribution in [0.15, 0.2) is 0 Å². The van der Waals surface area contributed by atoms with Crippen LogP contribution >= 0.6 is 0 Å². The van der Waals surface area contributed by atoms with Gasteiger partial charge in [-0.05, 0) is 51.4 Å². The number of carbonyl (C=O) groups excluding carboxylic acids is 1. The molecule has 3 saturated carbocycles. The van der Waals surface area contributed by atoms with Crippen molar-refractivity contribution in [3.63, 3.8) is 0 Å². The van der Waals surface area contributed by atoms with Crippen LogP contribution in [0.25, 0.3) is 0 Å². The number of aliphatic hydroxyl groups excluding tert-OH is 1. The summed E-state index contributed by atoms with van der Waals surface area (Å²) >= 11 is 0. The molecular weight excluding hydrogens is 252 g/mol. The Kier molecular flexibility index (Phi) is 4.04. The van der Waals surface area contributed by atoms with Gasteiger partial charge in [0.2, 0.25) is 5.91 Å².